The molecule has 0 spiro atoms. The molecule has 1 aromatic heterocycles. The van der Waals surface area contributed by atoms with E-state index in [4.69, 9.17) is 10.8 Å². The Bertz CT molecular complexity index is 216. The van der Waals surface area contributed by atoms with Crippen LogP contribution in [0.3, 0.4) is 0 Å². The van der Waals surface area contributed by atoms with E-state index in [9.17, 15) is 0 Å². The van der Waals surface area contributed by atoms with Gasteiger partial charge in [-0.05, 0) is 17.9 Å². The highest BCUT2D eigenvalue weighted by atomic mass is 32.1. The van der Waals surface area contributed by atoms with Crippen molar-refractivity contribution >= 4 is 11.3 Å². The second-order valence-corrected chi connectivity index (χ2v) is 4.46. The highest BCUT2D eigenvalue weighted by Crippen LogP contribution is 2.23. The molecule has 0 aliphatic rings. The summed E-state index contributed by atoms with van der Waals surface area (Å²) in [5, 5.41) is 11.2. The zero-order chi connectivity index (χ0) is 9.03. The molecule has 0 aliphatic carbocycles. The predicted octanol–water partition coefficient (Wildman–Crippen LogP) is 1.25. The summed E-state index contributed by atoms with van der Waals surface area (Å²) in [5.74, 6) is 0. The van der Waals surface area contributed by atoms with Crippen LogP contribution >= 0.6 is 11.3 Å². The molecule has 0 aliphatic heterocycles. The van der Waals surface area contributed by atoms with E-state index in [1.807, 2.05) is 18.4 Å². The Labute approximate surface area is 77.0 Å². The van der Waals surface area contributed by atoms with Crippen molar-refractivity contribution in [1.29, 1.82) is 0 Å². The lowest BCUT2D eigenvalue weighted by molar-refractivity contribution is 0.150. The molecule has 0 saturated carbocycles. The number of hydrogen-bond donors (Lipinski definition) is 2. The first-order valence-corrected chi connectivity index (χ1v) is 4.91. The highest BCUT2D eigenvalue weighted by Gasteiger charge is 2.22. The fraction of sp³-hybridized carbons (Fsp3) is 0.556. The van der Waals surface area contributed by atoms with Crippen LogP contribution in [0.5, 0.6) is 0 Å². The predicted molar refractivity (Wildman–Crippen MR) is 52.3 cm³/mol. The lowest BCUT2D eigenvalue weighted by Crippen LogP contribution is -2.32. The molecule has 0 saturated heterocycles. The van der Waals surface area contributed by atoms with Crippen LogP contribution in [0.1, 0.15) is 11.8 Å². The van der Waals surface area contributed by atoms with Gasteiger partial charge in [0.05, 0.1) is 0 Å². The van der Waals surface area contributed by atoms with Crippen LogP contribution in [0.4, 0.5) is 0 Å². The molecule has 1 rings (SSSR count). The molecule has 1 atom stereocenters. The van der Waals surface area contributed by atoms with Crippen LogP contribution in [-0.4, -0.2) is 18.3 Å². The second-order valence-electron chi connectivity index (χ2n) is 3.43. The average molecular weight is 185 g/mol. The normalized spacial score (nSPS) is 15.9. The Balaban J connectivity index is 2.60. The maximum absolute atomic E-state index is 9.11. The summed E-state index contributed by atoms with van der Waals surface area (Å²) >= 11 is 1.71. The van der Waals surface area contributed by atoms with E-state index in [0.717, 1.165) is 6.42 Å². The maximum Gasteiger partial charge on any atom is 0.0500 e. The molecule has 1 unspecified atom stereocenters. The Morgan fingerprint density at radius 2 is 2.42 bits per heavy atom. The van der Waals surface area contributed by atoms with E-state index in [1.54, 1.807) is 11.3 Å². The Morgan fingerprint density at radius 1 is 1.67 bits per heavy atom. The van der Waals surface area contributed by atoms with Crippen LogP contribution < -0.4 is 5.73 Å². The summed E-state index contributed by atoms with van der Waals surface area (Å²) in [7, 11) is 0. The molecule has 0 bridgehead atoms. The number of thiophene rings is 1. The van der Waals surface area contributed by atoms with E-state index in [2.05, 4.69) is 6.07 Å². The molecule has 3 N–H and O–H groups in total. The third-order valence-electron chi connectivity index (χ3n) is 2.06. The van der Waals surface area contributed by atoms with E-state index in [1.165, 1.54) is 4.88 Å². The summed E-state index contributed by atoms with van der Waals surface area (Å²) in [6, 6.07) is 4.10. The van der Waals surface area contributed by atoms with Gasteiger partial charge in [0.2, 0.25) is 0 Å². The van der Waals surface area contributed by atoms with Gasteiger partial charge in [0.25, 0.3) is 0 Å². The third kappa shape index (κ3) is 2.30. The lowest BCUT2D eigenvalue weighted by Gasteiger charge is -2.24. The van der Waals surface area contributed by atoms with Crippen molar-refractivity contribution in [2.75, 3.05) is 13.2 Å². The molecule has 0 radical (unpaired) electrons. The second kappa shape index (κ2) is 4.03. The van der Waals surface area contributed by atoms with Crippen molar-refractivity contribution in [3.05, 3.63) is 22.4 Å². The molecule has 12 heavy (non-hydrogen) atoms. The molecule has 68 valence electrons. The molecular weight excluding hydrogens is 170 g/mol. The van der Waals surface area contributed by atoms with Crippen molar-refractivity contribution in [1.82, 2.24) is 0 Å². The number of aliphatic hydroxyl groups excluding tert-OH is 1. The zero-order valence-electron chi connectivity index (χ0n) is 7.29. The van der Waals surface area contributed by atoms with Gasteiger partial charge in [0.15, 0.2) is 0 Å². The molecule has 0 amide bonds. The molecule has 1 heterocycles. The van der Waals surface area contributed by atoms with Crippen molar-refractivity contribution in [3.63, 3.8) is 0 Å². The quantitative estimate of drug-likeness (QED) is 0.741. The molecule has 0 fully saturated rings. The van der Waals surface area contributed by atoms with Crippen LogP contribution in [0.15, 0.2) is 17.5 Å². The molecule has 2 nitrogen and oxygen atoms in total. The first-order chi connectivity index (χ1) is 5.70. The monoisotopic (exact) mass is 185 g/mol. The van der Waals surface area contributed by atoms with Gasteiger partial charge in [-0.2, -0.15) is 0 Å². The fourth-order valence-electron chi connectivity index (χ4n) is 1.03. The van der Waals surface area contributed by atoms with Crippen LogP contribution in [0, 0.1) is 5.41 Å². The standard InChI is InChI=1S/C9H15NOS/c1-9(6-10,7-11)5-8-3-2-4-12-8/h2-4,11H,5-7,10H2,1H3. The van der Waals surface area contributed by atoms with Crippen LogP contribution in [-0.2, 0) is 6.42 Å². The van der Waals surface area contributed by atoms with Crippen molar-refractivity contribution < 1.29 is 5.11 Å². The number of nitrogens with two attached hydrogens (primary N) is 1. The van der Waals surface area contributed by atoms with E-state index in [0.29, 0.717) is 6.54 Å². The maximum atomic E-state index is 9.11. The van der Waals surface area contributed by atoms with Crippen LogP contribution in [0.2, 0.25) is 0 Å². The number of aliphatic hydroxyl groups is 1. The Hall–Kier alpha value is -0.380. The molecule has 0 aromatic carbocycles. The van der Waals surface area contributed by atoms with E-state index < -0.39 is 0 Å². The van der Waals surface area contributed by atoms with Crippen molar-refractivity contribution in [2.45, 2.75) is 13.3 Å². The van der Waals surface area contributed by atoms with E-state index >= 15 is 0 Å². The van der Waals surface area contributed by atoms with Gasteiger partial charge in [-0.15, -0.1) is 11.3 Å². The minimum Gasteiger partial charge on any atom is -0.396 e. The minimum absolute atomic E-state index is 0.148. The first-order valence-electron chi connectivity index (χ1n) is 4.03. The van der Waals surface area contributed by atoms with E-state index in [-0.39, 0.29) is 12.0 Å². The summed E-state index contributed by atoms with van der Waals surface area (Å²) < 4.78 is 0. The molecule has 3 heteroatoms. The van der Waals surface area contributed by atoms with Gasteiger partial charge in [-0.1, -0.05) is 13.0 Å². The largest absolute Gasteiger partial charge is 0.396 e. The lowest BCUT2D eigenvalue weighted by atomic mass is 9.87. The Kier molecular flexibility index (Phi) is 3.26. The summed E-state index contributed by atoms with van der Waals surface area (Å²) in [6.07, 6.45) is 0.873. The van der Waals surface area contributed by atoms with Gasteiger partial charge in [-0.25, -0.2) is 0 Å². The van der Waals surface area contributed by atoms with Gasteiger partial charge >= 0.3 is 0 Å². The summed E-state index contributed by atoms with van der Waals surface area (Å²) in [5.41, 5.74) is 5.43. The highest BCUT2D eigenvalue weighted by molar-refractivity contribution is 7.09. The van der Waals surface area contributed by atoms with Gasteiger partial charge in [0.1, 0.15) is 0 Å². The Morgan fingerprint density at radius 3 is 2.83 bits per heavy atom. The average Bonchev–Trinajstić information content (AvgIpc) is 2.57. The van der Waals surface area contributed by atoms with Gasteiger partial charge < -0.3 is 10.8 Å². The summed E-state index contributed by atoms with van der Waals surface area (Å²) in [6.45, 7) is 2.69. The molecular formula is C9H15NOS. The number of rotatable bonds is 4. The smallest absolute Gasteiger partial charge is 0.0500 e. The zero-order valence-corrected chi connectivity index (χ0v) is 8.10. The van der Waals surface area contributed by atoms with Crippen molar-refractivity contribution in [3.8, 4) is 0 Å². The van der Waals surface area contributed by atoms with Gasteiger partial charge in [0, 0.05) is 23.4 Å². The topological polar surface area (TPSA) is 46.2 Å². The first kappa shape index (κ1) is 9.71. The minimum atomic E-state index is -0.148. The number of hydrogen-bond acceptors (Lipinski definition) is 3. The third-order valence-corrected chi connectivity index (χ3v) is 2.93. The summed E-state index contributed by atoms with van der Waals surface area (Å²) in [4.78, 5) is 1.29. The van der Waals surface area contributed by atoms with Crippen molar-refractivity contribution in [2.24, 2.45) is 11.1 Å². The fourth-order valence-corrected chi connectivity index (χ4v) is 1.95. The van der Waals surface area contributed by atoms with Gasteiger partial charge in [-0.3, -0.25) is 0 Å². The van der Waals surface area contributed by atoms with Crippen LogP contribution in [0.25, 0.3) is 0 Å². The SMILES string of the molecule is CC(CN)(CO)Cc1cccs1. The molecule has 1 aromatic rings.